The number of nitrogens with one attached hydrogen (secondary N) is 1. The minimum atomic E-state index is -0.933. The van der Waals surface area contributed by atoms with Gasteiger partial charge >= 0.3 is 11.7 Å². The predicted molar refractivity (Wildman–Crippen MR) is 103 cm³/mol. The second-order valence-corrected chi connectivity index (χ2v) is 7.38. The zero-order valence-electron chi connectivity index (χ0n) is 16.2. The first-order valence-electron chi connectivity index (χ1n) is 9.44. The molecule has 0 aromatic carbocycles. The summed E-state index contributed by atoms with van der Waals surface area (Å²) >= 11 is 0. The van der Waals surface area contributed by atoms with E-state index in [2.05, 4.69) is 9.97 Å². The van der Waals surface area contributed by atoms with Gasteiger partial charge < -0.3 is 10.0 Å². The number of piperidine rings is 1. The number of nitrogens with zero attached hydrogens (tertiary/aromatic N) is 3. The van der Waals surface area contributed by atoms with Crippen molar-refractivity contribution in [3.05, 3.63) is 38.2 Å². The average molecular weight is 388 g/mol. The van der Waals surface area contributed by atoms with Crippen molar-refractivity contribution in [2.75, 3.05) is 13.1 Å². The van der Waals surface area contributed by atoms with Crippen LogP contribution in [0.3, 0.4) is 0 Å². The van der Waals surface area contributed by atoms with Crippen molar-refractivity contribution in [3.8, 4) is 0 Å². The first kappa shape index (κ1) is 19.8. The monoisotopic (exact) mass is 388 g/mol. The summed E-state index contributed by atoms with van der Waals surface area (Å²) in [5.41, 5.74) is -0.311. The Bertz CT molecular complexity index is 1050. The molecule has 1 saturated heterocycles. The van der Waals surface area contributed by atoms with Crippen LogP contribution in [-0.2, 0) is 11.3 Å². The summed E-state index contributed by atoms with van der Waals surface area (Å²) in [6.07, 6.45) is 1.10. The third-order valence-corrected chi connectivity index (χ3v) is 5.16. The number of rotatable bonds is 4. The molecule has 1 atom stereocenters. The van der Waals surface area contributed by atoms with Crippen LogP contribution >= 0.6 is 0 Å². The average Bonchev–Trinajstić information content (AvgIpc) is 2.66. The van der Waals surface area contributed by atoms with Crippen molar-refractivity contribution in [2.45, 2.75) is 46.1 Å². The Morgan fingerprint density at radius 3 is 2.68 bits per heavy atom. The topological polar surface area (TPSA) is 125 Å². The minimum Gasteiger partial charge on any atom is -0.481 e. The summed E-state index contributed by atoms with van der Waals surface area (Å²) in [5.74, 6) is -1.99. The smallest absolute Gasteiger partial charge is 0.329 e. The Labute approximate surface area is 161 Å². The standard InChI is InChI=1S/C19H24N4O5/c1-4-23-15-14(16(24)21-19(23)28)12(8-13(20-15)10(2)3)17(25)22-7-5-6-11(9-22)18(26)27/h8,10-11H,4-7,9H2,1-3H3,(H,26,27)(H,21,24,28). The molecular formula is C19H24N4O5. The van der Waals surface area contributed by atoms with Crippen molar-refractivity contribution in [2.24, 2.45) is 5.92 Å². The molecule has 0 saturated carbocycles. The zero-order chi connectivity index (χ0) is 20.6. The van der Waals surface area contributed by atoms with Crippen LogP contribution < -0.4 is 11.2 Å². The number of carbonyl (C=O) groups excluding carboxylic acids is 1. The summed E-state index contributed by atoms with van der Waals surface area (Å²) in [6.45, 7) is 6.39. The van der Waals surface area contributed by atoms with Gasteiger partial charge in [-0.3, -0.25) is 23.9 Å². The second-order valence-electron chi connectivity index (χ2n) is 7.38. The maximum atomic E-state index is 13.3. The van der Waals surface area contributed by atoms with Gasteiger partial charge in [-0.15, -0.1) is 0 Å². The van der Waals surface area contributed by atoms with E-state index in [9.17, 15) is 24.3 Å². The van der Waals surface area contributed by atoms with Gasteiger partial charge in [0.2, 0.25) is 0 Å². The van der Waals surface area contributed by atoms with E-state index in [0.29, 0.717) is 31.6 Å². The van der Waals surface area contributed by atoms with Crippen molar-refractivity contribution in [3.63, 3.8) is 0 Å². The molecule has 2 aromatic heterocycles. The SMILES string of the molecule is CCn1c(=O)[nH]c(=O)c2c(C(=O)N3CCCC(C(=O)O)C3)cc(C(C)C)nc21. The number of fused-ring (bicyclic) bond motifs is 1. The van der Waals surface area contributed by atoms with Gasteiger partial charge in [0.15, 0.2) is 5.65 Å². The van der Waals surface area contributed by atoms with E-state index >= 15 is 0 Å². The second kappa shape index (κ2) is 7.57. The molecule has 0 radical (unpaired) electrons. The lowest BCUT2D eigenvalue weighted by atomic mass is 9.97. The van der Waals surface area contributed by atoms with Crippen molar-refractivity contribution in [1.29, 1.82) is 0 Å². The lowest BCUT2D eigenvalue weighted by molar-refractivity contribution is -0.143. The molecule has 9 nitrogen and oxygen atoms in total. The lowest BCUT2D eigenvalue weighted by Gasteiger charge is -2.31. The molecular weight excluding hydrogens is 364 g/mol. The minimum absolute atomic E-state index is 0.0243. The molecule has 0 spiro atoms. The number of aromatic amines is 1. The maximum Gasteiger partial charge on any atom is 0.329 e. The molecule has 3 rings (SSSR count). The molecule has 1 aliphatic heterocycles. The van der Waals surface area contributed by atoms with Gasteiger partial charge in [-0.25, -0.2) is 9.78 Å². The summed E-state index contributed by atoms with van der Waals surface area (Å²) in [6, 6.07) is 1.58. The van der Waals surface area contributed by atoms with Crippen LogP contribution in [-0.4, -0.2) is 49.5 Å². The van der Waals surface area contributed by atoms with Crippen LogP contribution in [0.5, 0.6) is 0 Å². The summed E-state index contributed by atoms with van der Waals surface area (Å²) in [4.78, 5) is 57.5. The van der Waals surface area contributed by atoms with E-state index < -0.39 is 29.0 Å². The number of hydrogen-bond donors (Lipinski definition) is 2. The summed E-state index contributed by atoms with van der Waals surface area (Å²) in [7, 11) is 0. The highest BCUT2D eigenvalue weighted by molar-refractivity contribution is 6.05. The van der Waals surface area contributed by atoms with Crippen molar-refractivity contribution in [1.82, 2.24) is 19.4 Å². The fourth-order valence-corrected chi connectivity index (χ4v) is 3.58. The molecule has 2 N–H and O–H groups in total. The number of carboxylic acids is 1. The molecule has 2 aromatic rings. The van der Waals surface area contributed by atoms with Crippen LogP contribution in [0, 0.1) is 5.92 Å². The van der Waals surface area contributed by atoms with Crippen LogP contribution in [0.2, 0.25) is 0 Å². The number of aromatic nitrogens is 3. The van der Waals surface area contributed by atoms with Gasteiger partial charge in [0.05, 0.1) is 16.9 Å². The Morgan fingerprint density at radius 1 is 1.36 bits per heavy atom. The van der Waals surface area contributed by atoms with E-state index in [1.165, 1.54) is 9.47 Å². The molecule has 1 fully saturated rings. The zero-order valence-corrected chi connectivity index (χ0v) is 16.2. The molecule has 1 amide bonds. The van der Waals surface area contributed by atoms with Crippen LogP contribution in [0.4, 0.5) is 0 Å². The maximum absolute atomic E-state index is 13.3. The largest absolute Gasteiger partial charge is 0.481 e. The third-order valence-electron chi connectivity index (χ3n) is 5.16. The Kier molecular flexibility index (Phi) is 5.35. The number of aliphatic carboxylic acids is 1. The molecule has 3 heterocycles. The van der Waals surface area contributed by atoms with E-state index in [0.717, 1.165) is 0 Å². The quantitative estimate of drug-likeness (QED) is 0.810. The van der Waals surface area contributed by atoms with Gasteiger partial charge in [-0.1, -0.05) is 13.8 Å². The highest BCUT2D eigenvalue weighted by Gasteiger charge is 2.30. The van der Waals surface area contributed by atoms with E-state index in [1.807, 2.05) is 13.8 Å². The van der Waals surface area contributed by atoms with Gasteiger partial charge in [0.1, 0.15) is 0 Å². The molecule has 1 unspecified atom stereocenters. The molecule has 0 aliphatic carbocycles. The molecule has 0 bridgehead atoms. The molecule has 1 aliphatic rings. The fraction of sp³-hybridized carbons (Fsp3) is 0.526. The Hall–Kier alpha value is -2.97. The highest BCUT2D eigenvalue weighted by atomic mass is 16.4. The number of carbonyl (C=O) groups is 2. The number of hydrogen-bond acceptors (Lipinski definition) is 5. The number of likely N-dealkylation sites (tertiary alicyclic amines) is 1. The predicted octanol–water partition coefficient (Wildman–Crippen LogP) is 1.16. The first-order valence-corrected chi connectivity index (χ1v) is 9.44. The Morgan fingerprint density at radius 2 is 2.07 bits per heavy atom. The van der Waals surface area contributed by atoms with E-state index in [4.69, 9.17) is 0 Å². The summed E-state index contributed by atoms with van der Waals surface area (Å²) < 4.78 is 1.33. The number of amides is 1. The summed E-state index contributed by atoms with van der Waals surface area (Å²) in [5, 5.41) is 9.36. The number of aryl methyl sites for hydroxylation is 1. The van der Waals surface area contributed by atoms with Crippen LogP contribution in [0.25, 0.3) is 11.0 Å². The fourth-order valence-electron chi connectivity index (χ4n) is 3.58. The first-order chi connectivity index (χ1) is 13.2. The third kappa shape index (κ3) is 3.44. The lowest BCUT2D eigenvalue weighted by Crippen LogP contribution is -2.43. The molecule has 9 heteroatoms. The van der Waals surface area contributed by atoms with Crippen LogP contribution in [0.15, 0.2) is 15.7 Å². The Balaban J connectivity index is 2.22. The van der Waals surface area contributed by atoms with Crippen molar-refractivity contribution < 1.29 is 14.7 Å². The molecule has 150 valence electrons. The van der Waals surface area contributed by atoms with Gasteiger partial charge in [-0.2, -0.15) is 0 Å². The van der Waals surface area contributed by atoms with Crippen molar-refractivity contribution >= 4 is 22.9 Å². The van der Waals surface area contributed by atoms with Gasteiger partial charge in [0, 0.05) is 25.3 Å². The van der Waals surface area contributed by atoms with E-state index in [1.54, 1.807) is 13.0 Å². The van der Waals surface area contributed by atoms with Crippen LogP contribution in [0.1, 0.15) is 55.6 Å². The number of carboxylic acid groups (broad SMARTS) is 1. The van der Waals surface area contributed by atoms with Gasteiger partial charge in [-0.05, 0) is 31.7 Å². The van der Waals surface area contributed by atoms with Gasteiger partial charge in [0.25, 0.3) is 11.5 Å². The highest BCUT2D eigenvalue weighted by Crippen LogP contribution is 2.24. The number of pyridine rings is 1. The number of H-pyrrole nitrogens is 1. The van der Waals surface area contributed by atoms with E-state index in [-0.39, 0.29) is 29.1 Å². The molecule has 28 heavy (non-hydrogen) atoms. The normalized spacial score (nSPS) is 17.3.